The largest absolute Gasteiger partial charge is 0.395 e. The van der Waals surface area contributed by atoms with Crippen LogP contribution in [-0.2, 0) is 6.54 Å². The van der Waals surface area contributed by atoms with Gasteiger partial charge < -0.3 is 10.0 Å². The molecule has 2 rings (SSSR count). The average molecular weight is 320 g/mol. The minimum Gasteiger partial charge on any atom is -0.395 e. The summed E-state index contributed by atoms with van der Waals surface area (Å²) in [7, 11) is 1.77. The van der Waals surface area contributed by atoms with Crippen molar-refractivity contribution in [2.24, 2.45) is 0 Å². The first-order valence-electron chi connectivity index (χ1n) is 6.45. The zero-order chi connectivity index (χ0) is 15.2. The molecule has 0 spiro atoms. The van der Waals surface area contributed by atoms with Crippen molar-refractivity contribution in [3.05, 3.63) is 38.0 Å². The molecular weight excluding hydrogens is 304 g/mol. The van der Waals surface area contributed by atoms with E-state index in [-0.39, 0.29) is 12.5 Å². The molecule has 2 aromatic heterocycles. The molecule has 21 heavy (non-hydrogen) atoms. The summed E-state index contributed by atoms with van der Waals surface area (Å²) >= 11 is 2.97. The number of thiazole rings is 1. The van der Waals surface area contributed by atoms with Crippen LogP contribution in [0.4, 0.5) is 0 Å². The Bertz CT molecular complexity index is 679. The van der Waals surface area contributed by atoms with Crippen LogP contribution in [0.2, 0.25) is 0 Å². The zero-order valence-electron chi connectivity index (χ0n) is 11.9. The van der Waals surface area contributed by atoms with Crippen LogP contribution in [-0.4, -0.2) is 34.6 Å². The van der Waals surface area contributed by atoms with Crippen LogP contribution < -0.4 is 0 Å². The SMILES string of the molecule is Cc1nc(CN(C)C(=O)c2sccc2C#CCCO)cs1. The van der Waals surface area contributed by atoms with Gasteiger partial charge in [0.2, 0.25) is 0 Å². The number of hydrogen-bond acceptors (Lipinski definition) is 5. The van der Waals surface area contributed by atoms with Gasteiger partial charge in [0.05, 0.1) is 23.9 Å². The summed E-state index contributed by atoms with van der Waals surface area (Å²) in [5.74, 6) is 5.74. The molecule has 2 aromatic rings. The number of thiophene rings is 1. The number of aliphatic hydroxyl groups excluding tert-OH is 1. The Balaban J connectivity index is 2.09. The summed E-state index contributed by atoms with van der Waals surface area (Å²) in [5.41, 5.74) is 1.62. The number of rotatable bonds is 4. The Labute approximate surface area is 132 Å². The summed E-state index contributed by atoms with van der Waals surface area (Å²) in [6.07, 6.45) is 0.414. The Morgan fingerprint density at radius 3 is 2.95 bits per heavy atom. The van der Waals surface area contributed by atoms with E-state index in [4.69, 9.17) is 5.11 Å². The summed E-state index contributed by atoms with van der Waals surface area (Å²) in [6, 6.07) is 1.84. The van der Waals surface area contributed by atoms with Crippen molar-refractivity contribution in [2.75, 3.05) is 13.7 Å². The molecule has 4 nitrogen and oxygen atoms in total. The minimum atomic E-state index is -0.0519. The molecule has 1 amide bonds. The smallest absolute Gasteiger partial charge is 0.265 e. The lowest BCUT2D eigenvalue weighted by molar-refractivity contribution is 0.0788. The van der Waals surface area contributed by atoms with E-state index >= 15 is 0 Å². The highest BCUT2D eigenvalue weighted by Gasteiger charge is 2.17. The van der Waals surface area contributed by atoms with Gasteiger partial charge in [-0.15, -0.1) is 22.7 Å². The molecule has 0 aromatic carbocycles. The fourth-order valence-electron chi connectivity index (χ4n) is 1.76. The van der Waals surface area contributed by atoms with Crippen LogP contribution >= 0.6 is 22.7 Å². The number of carbonyl (C=O) groups excluding carboxylic acids is 1. The third-order valence-electron chi connectivity index (χ3n) is 2.73. The highest BCUT2D eigenvalue weighted by atomic mass is 32.1. The molecule has 0 bridgehead atoms. The zero-order valence-corrected chi connectivity index (χ0v) is 13.6. The Hall–Kier alpha value is -1.68. The molecule has 1 N–H and O–H groups in total. The van der Waals surface area contributed by atoms with Crippen LogP contribution in [0.15, 0.2) is 16.8 Å². The summed E-state index contributed by atoms with van der Waals surface area (Å²) in [6.45, 7) is 2.47. The average Bonchev–Trinajstić information content (AvgIpc) is 3.07. The number of carbonyl (C=O) groups is 1. The van der Waals surface area contributed by atoms with Crippen molar-refractivity contribution in [1.82, 2.24) is 9.88 Å². The molecule has 0 aliphatic rings. The van der Waals surface area contributed by atoms with Gasteiger partial charge in [0.15, 0.2) is 0 Å². The third-order valence-corrected chi connectivity index (χ3v) is 4.46. The van der Waals surface area contributed by atoms with E-state index in [2.05, 4.69) is 16.8 Å². The highest BCUT2D eigenvalue weighted by molar-refractivity contribution is 7.12. The van der Waals surface area contributed by atoms with Gasteiger partial charge in [-0.3, -0.25) is 4.79 Å². The van der Waals surface area contributed by atoms with E-state index in [0.29, 0.717) is 17.8 Å². The van der Waals surface area contributed by atoms with Gasteiger partial charge in [0, 0.05) is 24.4 Å². The second-order valence-electron chi connectivity index (χ2n) is 4.46. The Morgan fingerprint density at radius 1 is 1.48 bits per heavy atom. The predicted octanol–water partition coefficient (Wildman–Crippen LogP) is 2.52. The van der Waals surface area contributed by atoms with Crippen molar-refractivity contribution in [3.63, 3.8) is 0 Å². The standard InChI is InChI=1S/C15H16N2O2S2/c1-11-16-13(10-21-11)9-17(2)15(19)14-12(6-8-20-14)5-3-4-7-18/h6,8,10,18H,4,7,9H2,1-2H3. The Morgan fingerprint density at radius 2 is 2.29 bits per heavy atom. The van der Waals surface area contributed by atoms with Crippen molar-refractivity contribution in [1.29, 1.82) is 0 Å². The van der Waals surface area contributed by atoms with Gasteiger partial charge in [0.1, 0.15) is 4.88 Å². The van der Waals surface area contributed by atoms with Gasteiger partial charge >= 0.3 is 0 Å². The lowest BCUT2D eigenvalue weighted by Crippen LogP contribution is -2.26. The first kappa shape index (κ1) is 15.7. The number of amides is 1. The van der Waals surface area contributed by atoms with Crippen LogP contribution in [0.25, 0.3) is 0 Å². The topological polar surface area (TPSA) is 53.4 Å². The molecule has 0 radical (unpaired) electrons. The van der Waals surface area contributed by atoms with Crippen LogP contribution in [0.5, 0.6) is 0 Å². The predicted molar refractivity (Wildman–Crippen MR) is 85.5 cm³/mol. The van der Waals surface area contributed by atoms with Crippen LogP contribution in [0.1, 0.15) is 32.4 Å². The quantitative estimate of drug-likeness (QED) is 0.881. The molecule has 0 aliphatic carbocycles. The fourth-order valence-corrected chi connectivity index (χ4v) is 3.20. The lowest BCUT2D eigenvalue weighted by Gasteiger charge is -2.15. The monoisotopic (exact) mass is 320 g/mol. The maximum Gasteiger partial charge on any atom is 0.265 e. The molecule has 0 saturated carbocycles. The lowest BCUT2D eigenvalue weighted by atomic mass is 10.2. The van der Waals surface area contributed by atoms with E-state index < -0.39 is 0 Å². The van der Waals surface area contributed by atoms with E-state index in [9.17, 15) is 4.79 Å². The number of aromatic nitrogens is 1. The van der Waals surface area contributed by atoms with Crippen molar-refractivity contribution in [2.45, 2.75) is 19.9 Å². The first-order chi connectivity index (χ1) is 10.1. The normalized spacial score (nSPS) is 10.0. The first-order valence-corrected chi connectivity index (χ1v) is 8.21. The van der Waals surface area contributed by atoms with Gasteiger partial charge in [-0.2, -0.15) is 0 Å². The van der Waals surface area contributed by atoms with Crippen LogP contribution in [0.3, 0.4) is 0 Å². The van der Waals surface area contributed by atoms with Crippen molar-refractivity contribution >= 4 is 28.6 Å². The molecule has 0 atom stereocenters. The van der Waals surface area contributed by atoms with Gasteiger partial charge in [-0.25, -0.2) is 4.98 Å². The number of aryl methyl sites for hydroxylation is 1. The minimum absolute atomic E-state index is 0.0312. The summed E-state index contributed by atoms with van der Waals surface area (Å²) in [5, 5.41) is 13.6. The van der Waals surface area contributed by atoms with E-state index in [0.717, 1.165) is 16.3 Å². The van der Waals surface area contributed by atoms with E-state index in [1.54, 1.807) is 23.3 Å². The number of aliphatic hydroxyl groups is 1. The van der Waals surface area contributed by atoms with E-state index in [1.807, 2.05) is 23.8 Å². The molecule has 0 fully saturated rings. The maximum absolute atomic E-state index is 12.5. The fraction of sp³-hybridized carbons (Fsp3) is 0.333. The second kappa shape index (κ2) is 7.36. The molecule has 2 heterocycles. The summed E-state index contributed by atoms with van der Waals surface area (Å²) in [4.78, 5) is 19.1. The summed E-state index contributed by atoms with van der Waals surface area (Å²) < 4.78 is 0. The molecular formula is C15H16N2O2S2. The third kappa shape index (κ3) is 4.14. The molecule has 0 unspecified atom stereocenters. The van der Waals surface area contributed by atoms with Crippen LogP contribution in [0, 0.1) is 18.8 Å². The van der Waals surface area contributed by atoms with Gasteiger partial charge in [-0.05, 0) is 18.4 Å². The molecule has 6 heteroatoms. The molecule has 0 saturated heterocycles. The highest BCUT2D eigenvalue weighted by Crippen LogP contribution is 2.19. The van der Waals surface area contributed by atoms with Gasteiger partial charge in [-0.1, -0.05) is 11.8 Å². The Kier molecular flexibility index (Phi) is 5.51. The second-order valence-corrected chi connectivity index (χ2v) is 6.44. The molecule has 0 aliphatic heterocycles. The molecule has 110 valence electrons. The number of nitrogens with zero attached hydrogens (tertiary/aromatic N) is 2. The maximum atomic E-state index is 12.5. The van der Waals surface area contributed by atoms with Gasteiger partial charge in [0.25, 0.3) is 5.91 Å². The number of hydrogen-bond donors (Lipinski definition) is 1. The van der Waals surface area contributed by atoms with Crippen molar-refractivity contribution < 1.29 is 9.90 Å². The van der Waals surface area contributed by atoms with E-state index in [1.165, 1.54) is 11.3 Å². The van der Waals surface area contributed by atoms with Crippen molar-refractivity contribution in [3.8, 4) is 11.8 Å².